The van der Waals surface area contributed by atoms with Gasteiger partial charge in [-0.3, -0.25) is 0 Å². The molecule has 2 heteroatoms. The summed E-state index contributed by atoms with van der Waals surface area (Å²) in [5, 5.41) is 0. The maximum atomic E-state index is 15.2. The zero-order chi connectivity index (χ0) is 19.7. The molecule has 6 unspecified atom stereocenters. The molecule has 0 heterocycles. The third kappa shape index (κ3) is 4.77. The average molecular weight is 395 g/mol. The summed E-state index contributed by atoms with van der Waals surface area (Å²) in [5.74, 6) is 5.16. The van der Waals surface area contributed by atoms with Crippen molar-refractivity contribution >= 4 is 0 Å². The van der Waals surface area contributed by atoms with Crippen LogP contribution in [0.3, 0.4) is 0 Å². The van der Waals surface area contributed by atoms with E-state index in [0.29, 0.717) is 18.3 Å². The maximum Gasteiger partial charge on any atom is 0.103 e. The molecule has 0 aromatic carbocycles. The van der Waals surface area contributed by atoms with Gasteiger partial charge in [-0.05, 0) is 124 Å². The number of halogens is 2. The van der Waals surface area contributed by atoms with Gasteiger partial charge in [-0.1, -0.05) is 26.7 Å². The van der Waals surface area contributed by atoms with Gasteiger partial charge in [-0.2, -0.15) is 0 Å². The Morgan fingerprint density at radius 2 is 0.964 bits per heavy atom. The van der Waals surface area contributed by atoms with Crippen LogP contribution in [0, 0.1) is 47.3 Å². The molecule has 0 aromatic heterocycles. The van der Waals surface area contributed by atoms with Gasteiger partial charge in [-0.25, -0.2) is 8.78 Å². The molecule has 0 bridgehead atoms. The van der Waals surface area contributed by atoms with Crippen molar-refractivity contribution in [2.75, 3.05) is 0 Å². The SMILES string of the molecule is CC1CCC(C2CCC(C3CCC(C4CCC(F)C(C)C4)C(F)C3)CC2)CC1. The van der Waals surface area contributed by atoms with Gasteiger partial charge >= 0.3 is 0 Å². The molecule has 4 aliphatic rings. The summed E-state index contributed by atoms with van der Waals surface area (Å²) in [6.45, 7) is 4.45. The Kier molecular flexibility index (Phi) is 7.04. The molecule has 4 saturated carbocycles. The van der Waals surface area contributed by atoms with Crippen molar-refractivity contribution in [3.05, 3.63) is 0 Å². The first kappa shape index (κ1) is 21.1. The largest absolute Gasteiger partial charge is 0.247 e. The van der Waals surface area contributed by atoms with Crippen molar-refractivity contribution in [3.8, 4) is 0 Å². The fourth-order valence-electron chi connectivity index (χ4n) is 7.76. The van der Waals surface area contributed by atoms with E-state index in [1.165, 1.54) is 57.8 Å². The standard InChI is InChI=1S/C26H44F2/c1-17-3-5-19(6-4-17)20-7-9-21(10-8-20)22-11-13-24(26(28)16-22)23-12-14-25(27)18(2)15-23/h17-26H,3-16H2,1-2H3. The van der Waals surface area contributed by atoms with Gasteiger partial charge in [0.15, 0.2) is 0 Å². The third-order valence-electron chi connectivity index (χ3n) is 9.78. The Bertz CT molecular complexity index is 475. The van der Waals surface area contributed by atoms with Gasteiger partial charge in [0.2, 0.25) is 0 Å². The fourth-order valence-corrected chi connectivity index (χ4v) is 7.76. The van der Waals surface area contributed by atoms with Gasteiger partial charge in [0.25, 0.3) is 0 Å². The smallest absolute Gasteiger partial charge is 0.103 e. The summed E-state index contributed by atoms with van der Waals surface area (Å²) >= 11 is 0. The summed E-state index contributed by atoms with van der Waals surface area (Å²) < 4.78 is 29.0. The molecule has 0 saturated heterocycles. The highest BCUT2D eigenvalue weighted by Gasteiger charge is 2.42. The first-order valence-corrected chi connectivity index (χ1v) is 12.8. The van der Waals surface area contributed by atoms with Crippen molar-refractivity contribution in [2.45, 2.75) is 116 Å². The van der Waals surface area contributed by atoms with Crippen LogP contribution >= 0.6 is 0 Å². The monoisotopic (exact) mass is 394 g/mol. The third-order valence-corrected chi connectivity index (χ3v) is 9.78. The normalized spacial score (nSPS) is 51.0. The topological polar surface area (TPSA) is 0 Å². The molecular formula is C26H44F2. The lowest BCUT2D eigenvalue weighted by Gasteiger charge is -2.44. The number of hydrogen-bond acceptors (Lipinski definition) is 0. The Morgan fingerprint density at radius 3 is 1.54 bits per heavy atom. The van der Waals surface area contributed by atoms with Crippen LogP contribution in [0.15, 0.2) is 0 Å². The maximum absolute atomic E-state index is 15.2. The molecule has 4 aliphatic carbocycles. The number of alkyl halides is 2. The van der Waals surface area contributed by atoms with Crippen molar-refractivity contribution in [3.63, 3.8) is 0 Å². The predicted octanol–water partition coefficient (Wildman–Crippen LogP) is 8.15. The van der Waals surface area contributed by atoms with E-state index in [1.807, 2.05) is 6.92 Å². The zero-order valence-corrected chi connectivity index (χ0v) is 18.4. The second kappa shape index (κ2) is 9.34. The summed E-state index contributed by atoms with van der Waals surface area (Å²) in [7, 11) is 0. The predicted molar refractivity (Wildman–Crippen MR) is 114 cm³/mol. The lowest BCUT2D eigenvalue weighted by molar-refractivity contribution is 0.0150. The summed E-state index contributed by atoms with van der Waals surface area (Å²) in [6, 6.07) is 0. The Balaban J connectivity index is 1.23. The molecule has 6 atom stereocenters. The molecule has 0 N–H and O–H groups in total. The molecule has 0 radical (unpaired) electrons. The lowest BCUT2D eigenvalue weighted by Crippen LogP contribution is -2.38. The van der Waals surface area contributed by atoms with Crippen LogP contribution in [0.1, 0.15) is 104 Å². The second-order valence-electron chi connectivity index (χ2n) is 11.5. The van der Waals surface area contributed by atoms with Crippen LogP contribution < -0.4 is 0 Å². The van der Waals surface area contributed by atoms with Crippen molar-refractivity contribution in [2.24, 2.45) is 47.3 Å². The minimum Gasteiger partial charge on any atom is -0.247 e. The molecule has 0 amide bonds. The van der Waals surface area contributed by atoms with E-state index < -0.39 is 12.3 Å². The van der Waals surface area contributed by atoms with E-state index in [4.69, 9.17) is 0 Å². The van der Waals surface area contributed by atoms with Crippen molar-refractivity contribution in [1.82, 2.24) is 0 Å². The molecule has 0 aliphatic heterocycles. The van der Waals surface area contributed by atoms with Crippen LogP contribution in [-0.4, -0.2) is 12.3 Å². The highest BCUT2D eigenvalue weighted by molar-refractivity contribution is 4.92. The van der Waals surface area contributed by atoms with E-state index in [-0.39, 0.29) is 11.8 Å². The highest BCUT2D eigenvalue weighted by atomic mass is 19.1. The number of hydrogen-bond donors (Lipinski definition) is 0. The Hall–Kier alpha value is -0.140. The minimum atomic E-state index is -0.645. The molecule has 0 spiro atoms. The van der Waals surface area contributed by atoms with Gasteiger partial charge in [0.1, 0.15) is 12.3 Å². The van der Waals surface area contributed by atoms with E-state index in [0.717, 1.165) is 49.4 Å². The van der Waals surface area contributed by atoms with E-state index in [9.17, 15) is 4.39 Å². The second-order valence-corrected chi connectivity index (χ2v) is 11.5. The van der Waals surface area contributed by atoms with Gasteiger partial charge in [-0.15, -0.1) is 0 Å². The number of rotatable bonds is 3. The first-order valence-electron chi connectivity index (χ1n) is 12.8. The highest BCUT2D eigenvalue weighted by Crippen LogP contribution is 2.49. The van der Waals surface area contributed by atoms with E-state index in [2.05, 4.69) is 6.92 Å². The summed E-state index contributed by atoms with van der Waals surface area (Å²) in [6.07, 6.45) is 15.7. The molecular weight excluding hydrogens is 350 g/mol. The van der Waals surface area contributed by atoms with Crippen LogP contribution in [0.25, 0.3) is 0 Å². The first-order chi connectivity index (χ1) is 13.5. The molecule has 4 fully saturated rings. The summed E-state index contributed by atoms with van der Waals surface area (Å²) in [5.41, 5.74) is 0. The minimum absolute atomic E-state index is 0.140. The molecule has 0 nitrogen and oxygen atoms in total. The quantitative estimate of drug-likeness (QED) is 0.453. The molecule has 162 valence electrons. The van der Waals surface area contributed by atoms with Gasteiger partial charge < -0.3 is 0 Å². The van der Waals surface area contributed by atoms with Crippen molar-refractivity contribution < 1.29 is 8.78 Å². The van der Waals surface area contributed by atoms with Crippen LogP contribution in [0.4, 0.5) is 8.78 Å². The Labute approximate surface area is 172 Å². The average Bonchev–Trinajstić information content (AvgIpc) is 2.71. The molecule has 0 aromatic rings. The molecule has 28 heavy (non-hydrogen) atoms. The van der Waals surface area contributed by atoms with E-state index >= 15 is 4.39 Å². The summed E-state index contributed by atoms with van der Waals surface area (Å²) in [4.78, 5) is 0. The van der Waals surface area contributed by atoms with Crippen LogP contribution in [0.5, 0.6) is 0 Å². The van der Waals surface area contributed by atoms with Crippen LogP contribution in [-0.2, 0) is 0 Å². The van der Waals surface area contributed by atoms with Crippen molar-refractivity contribution in [1.29, 1.82) is 0 Å². The zero-order valence-electron chi connectivity index (χ0n) is 18.4. The van der Waals surface area contributed by atoms with Gasteiger partial charge in [0.05, 0.1) is 0 Å². The lowest BCUT2D eigenvalue weighted by atomic mass is 9.62. The Morgan fingerprint density at radius 1 is 0.464 bits per heavy atom. The van der Waals surface area contributed by atoms with Crippen LogP contribution in [0.2, 0.25) is 0 Å². The van der Waals surface area contributed by atoms with E-state index in [1.54, 1.807) is 0 Å². The fraction of sp³-hybridized carbons (Fsp3) is 1.00. The van der Waals surface area contributed by atoms with Gasteiger partial charge in [0, 0.05) is 0 Å². The molecule has 4 rings (SSSR count).